The molecule has 0 heterocycles. The summed E-state index contributed by atoms with van der Waals surface area (Å²) in [5.41, 5.74) is 1.89. The molecule has 0 saturated heterocycles. The average Bonchev–Trinajstić information content (AvgIpc) is 1.82. The van der Waals surface area contributed by atoms with Crippen molar-refractivity contribution in [2.45, 2.75) is 6.92 Å². The average molecular weight is 260 g/mol. The van der Waals surface area contributed by atoms with E-state index >= 15 is 0 Å². The third-order valence-electron chi connectivity index (χ3n) is 1.35. The van der Waals surface area contributed by atoms with E-state index in [2.05, 4.69) is 31.9 Å². The van der Waals surface area contributed by atoms with Crippen LogP contribution < -0.4 is 5.46 Å². The second-order valence-corrected chi connectivity index (χ2v) is 3.87. The molecule has 0 bridgehead atoms. The molecule has 0 N–H and O–H groups in total. The Bertz CT molecular complexity index is 235. The fraction of sp³-hybridized carbons (Fsp3) is 0.143. The zero-order valence-corrected chi connectivity index (χ0v) is 8.66. The Morgan fingerprint density at radius 2 is 1.90 bits per heavy atom. The third kappa shape index (κ3) is 1.64. The van der Waals surface area contributed by atoms with Crippen molar-refractivity contribution in [2.24, 2.45) is 0 Å². The van der Waals surface area contributed by atoms with Gasteiger partial charge in [-0.15, -0.1) is 0 Å². The molecule has 0 aliphatic rings. The van der Waals surface area contributed by atoms with E-state index in [4.69, 9.17) is 7.85 Å². The van der Waals surface area contributed by atoms with Gasteiger partial charge in [-0.3, -0.25) is 0 Å². The van der Waals surface area contributed by atoms with Crippen molar-refractivity contribution in [3.8, 4) is 0 Å². The van der Waals surface area contributed by atoms with E-state index in [0.717, 1.165) is 20.0 Å². The molecule has 50 valence electrons. The molecular formula is C7H5BBr2. The highest BCUT2D eigenvalue weighted by atomic mass is 79.9. The molecule has 1 aromatic carbocycles. The van der Waals surface area contributed by atoms with E-state index in [1.807, 2.05) is 19.1 Å². The van der Waals surface area contributed by atoms with Gasteiger partial charge in [0.1, 0.15) is 7.85 Å². The Labute approximate surface area is 78.7 Å². The maximum Gasteiger partial charge on any atom is 0.114 e. The monoisotopic (exact) mass is 258 g/mol. The maximum absolute atomic E-state index is 5.66. The van der Waals surface area contributed by atoms with Crippen molar-refractivity contribution < 1.29 is 0 Å². The molecule has 0 saturated carbocycles. The normalized spacial score (nSPS) is 9.90. The zero-order chi connectivity index (χ0) is 7.72. The van der Waals surface area contributed by atoms with Gasteiger partial charge in [0, 0.05) is 8.95 Å². The standard InChI is InChI=1S/C7H5BBr2/c1-4-6(8)2-5(9)3-7(4)10/h2-3H,1H3. The van der Waals surface area contributed by atoms with Crippen LogP contribution in [0, 0.1) is 6.92 Å². The summed E-state index contributed by atoms with van der Waals surface area (Å²) in [5.74, 6) is 0. The molecule has 2 radical (unpaired) electrons. The first-order valence-electron chi connectivity index (χ1n) is 2.82. The molecule has 0 aliphatic carbocycles. The van der Waals surface area contributed by atoms with Crippen LogP contribution in [0.15, 0.2) is 21.1 Å². The highest BCUT2D eigenvalue weighted by Gasteiger charge is 1.98. The minimum absolute atomic E-state index is 0.807. The Morgan fingerprint density at radius 3 is 2.40 bits per heavy atom. The Hall–Kier alpha value is 0.245. The number of hydrogen-bond acceptors (Lipinski definition) is 0. The molecule has 0 aliphatic heterocycles. The van der Waals surface area contributed by atoms with Crippen LogP contribution in [0.5, 0.6) is 0 Å². The molecule has 0 unspecified atom stereocenters. The molecule has 10 heavy (non-hydrogen) atoms. The van der Waals surface area contributed by atoms with Gasteiger partial charge in [0.25, 0.3) is 0 Å². The SMILES string of the molecule is [B]c1cc(Br)cc(Br)c1C. The fourth-order valence-corrected chi connectivity index (χ4v) is 1.92. The second-order valence-electron chi connectivity index (χ2n) is 2.10. The molecule has 0 amide bonds. The molecule has 0 fully saturated rings. The quantitative estimate of drug-likeness (QED) is 0.628. The van der Waals surface area contributed by atoms with Crippen LogP contribution in [-0.2, 0) is 0 Å². The van der Waals surface area contributed by atoms with Crippen LogP contribution >= 0.6 is 31.9 Å². The van der Waals surface area contributed by atoms with Crippen molar-refractivity contribution >= 4 is 45.2 Å². The van der Waals surface area contributed by atoms with Crippen LogP contribution in [-0.4, -0.2) is 7.85 Å². The van der Waals surface area contributed by atoms with E-state index in [1.54, 1.807) is 0 Å². The lowest BCUT2D eigenvalue weighted by molar-refractivity contribution is 1.46. The van der Waals surface area contributed by atoms with Gasteiger partial charge >= 0.3 is 0 Å². The summed E-state index contributed by atoms with van der Waals surface area (Å²) in [6.07, 6.45) is 0. The number of hydrogen-bond donors (Lipinski definition) is 0. The van der Waals surface area contributed by atoms with Crippen molar-refractivity contribution in [3.63, 3.8) is 0 Å². The molecule has 3 heteroatoms. The summed E-state index contributed by atoms with van der Waals surface area (Å²) in [5, 5.41) is 0. The predicted molar refractivity (Wildman–Crippen MR) is 52.0 cm³/mol. The smallest absolute Gasteiger partial charge is 0.0916 e. The van der Waals surface area contributed by atoms with Gasteiger partial charge in [-0.2, -0.15) is 0 Å². The third-order valence-corrected chi connectivity index (χ3v) is 2.63. The number of halogens is 2. The predicted octanol–water partition coefficient (Wildman–Crippen LogP) is 2.31. The van der Waals surface area contributed by atoms with Gasteiger partial charge in [-0.1, -0.05) is 43.4 Å². The minimum Gasteiger partial charge on any atom is -0.0916 e. The lowest BCUT2D eigenvalue weighted by atomic mass is 9.92. The van der Waals surface area contributed by atoms with Crippen molar-refractivity contribution in [1.82, 2.24) is 0 Å². The summed E-state index contributed by atoms with van der Waals surface area (Å²) in [7, 11) is 5.66. The van der Waals surface area contributed by atoms with Gasteiger partial charge in [0.2, 0.25) is 0 Å². The van der Waals surface area contributed by atoms with E-state index < -0.39 is 0 Å². The zero-order valence-electron chi connectivity index (χ0n) is 5.49. The number of rotatable bonds is 0. The molecule has 1 rings (SSSR count). The van der Waals surface area contributed by atoms with Gasteiger partial charge in [0.15, 0.2) is 0 Å². The van der Waals surface area contributed by atoms with Crippen molar-refractivity contribution in [1.29, 1.82) is 0 Å². The van der Waals surface area contributed by atoms with Crippen molar-refractivity contribution in [3.05, 3.63) is 26.6 Å². The summed E-state index contributed by atoms with van der Waals surface area (Å²) in [6, 6.07) is 3.87. The Kier molecular flexibility index (Phi) is 2.58. The fourth-order valence-electron chi connectivity index (χ4n) is 0.666. The highest BCUT2D eigenvalue weighted by Crippen LogP contribution is 2.18. The first-order valence-corrected chi connectivity index (χ1v) is 4.41. The van der Waals surface area contributed by atoms with Crippen LogP contribution in [0.2, 0.25) is 0 Å². The molecular weight excluding hydrogens is 255 g/mol. The first-order chi connectivity index (χ1) is 4.61. The minimum atomic E-state index is 0.807. The molecule has 0 atom stereocenters. The molecule has 0 nitrogen and oxygen atoms in total. The Balaban J connectivity index is 3.31. The summed E-state index contributed by atoms with van der Waals surface area (Å²) in [6.45, 7) is 1.98. The summed E-state index contributed by atoms with van der Waals surface area (Å²) in [4.78, 5) is 0. The van der Waals surface area contributed by atoms with E-state index in [-0.39, 0.29) is 0 Å². The topological polar surface area (TPSA) is 0 Å². The van der Waals surface area contributed by atoms with E-state index in [9.17, 15) is 0 Å². The number of benzene rings is 1. The molecule has 1 aromatic rings. The van der Waals surface area contributed by atoms with Crippen LogP contribution in [0.1, 0.15) is 5.56 Å². The largest absolute Gasteiger partial charge is 0.114 e. The van der Waals surface area contributed by atoms with Gasteiger partial charge in [-0.25, -0.2) is 0 Å². The Morgan fingerprint density at radius 1 is 1.30 bits per heavy atom. The lowest BCUT2D eigenvalue weighted by Crippen LogP contribution is -2.06. The molecule has 0 aromatic heterocycles. The second kappa shape index (κ2) is 3.10. The van der Waals surface area contributed by atoms with Crippen LogP contribution in [0.4, 0.5) is 0 Å². The molecule has 0 spiro atoms. The maximum atomic E-state index is 5.66. The van der Waals surface area contributed by atoms with Gasteiger partial charge in [0.05, 0.1) is 0 Å². The summed E-state index contributed by atoms with van der Waals surface area (Å²) >= 11 is 6.72. The van der Waals surface area contributed by atoms with E-state index in [0.29, 0.717) is 0 Å². The van der Waals surface area contributed by atoms with Crippen LogP contribution in [0.25, 0.3) is 0 Å². The van der Waals surface area contributed by atoms with Crippen LogP contribution in [0.3, 0.4) is 0 Å². The van der Waals surface area contributed by atoms with Gasteiger partial charge < -0.3 is 0 Å². The summed E-state index contributed by atoms with van der Waals surface area (Å²) < 4.78 is 2.04. The highest BCUT2D eigenvalue weighted by molar-refractivity contribution is 9.11. The van der Waals surface area contributed by atoms with Gasteiger partial charge in [-0.05, 0) is 18.6 Å². The van der Waals surface area contributed by atoms with E-state index in [1.165, 1.54) is 0 Å². The van der Waals surface area contributed by atoms with Crippen molar-refractivity contribution in [2.75, 3.05) is 0 Å². The lowest BCUT2D eigenvalue weighted by Gasteiger charge is -2.02. The first kappa shape index (κ1) is 8.34.